The van der Waals surface area contributed by atoms with Crippen LogP contribution in [0.1, 0.15) is 16.7 Å². The standard InChI is InChI=1S/C18H17FN2/c19-16-6-5-14-11-21(8-7-13(14)9-16)12-15-10-20-18-4-2-1-3-17(15)18/h1-6,9-10,20H,7-8,11-12H2. The lowest BCUT2D eigenvalue weighted by Gasteiger charge is -2.28. The summed E-state index contributed by atoms with van der Waals surface area (Å²) < 4.78 is 13.3. The second-order valence-electron chi connectivity index (χ2n) is 5.73. The van der Waals surface area contributed by atoms with Crippen molar-refractivity contribution in [3.63, 3.8) is 0 Å². The molecule has 2 heterocycles. The summed E-state index contributed by atoms with van der Waals surface area (Å²) >= 11 is 0. The van der Waals surface area contributed by atoms with Gasteiger partial charge in [-0.05, 0) is 41.3 Å². The molecule has 0 bridgehead atoms. The topological polar surface area (TPSA) is 19.0 Å². The molecule has 3 aromatic rings. The first-order valence-electron chi connectivity index (χ1n) is 7.34. The average molecular weight is 280 g/mol. The third kappa shape index (κ3) is 2.34. The van der Waals surface area contributed by atoms with E-state index < -0.39 is 0 Å². The lowest BCUT2D eigenvalue weighted by Crippen LogP contribution is -2.30. The minimum Gasteiger partial charge on any atom is -0.361 e. The highest BCUT2D eigenvalue weighted by Gasteiger charge is 2.17. The Hall–Kier alpha value is -2.13. The van der Waals surface area contributed by atoms with E-state index in [-0.39, 0.29) is 5.82 Å². The number of para-hydroxylation sites is 1. The van der Waals surface area contributed by atoms with Gasteiger partial charge in [-0.3, -0.25) is 4.90 Å². The van der Waals surface area contributed by atoms with Crippen LogP contribution in [0.2, 0.25) is 0 Å². The molecule has 1 aliphatic rings. The van der Waals surface area contributed by atoms with Gasteiger partial charge in [0.1, 0.15) is 5.82 Å². The Kier molecular flexibility index (Phi) is 3.00. The molecule has 2 aromatic carbocycles. The van der Waals surface area contributed by atoms with Crippen molar-refractivity contribution in [2.75, 3.05) is 6.54 Å². The van der Waals surface area contributed by atoms with Crippen LogP contribution in [-0.2, 0) is 19.5 Å². The van der Waals surface area contributed by atoms with Crippen molar-refractivity contribution in [3.8, 4) is 0 Å². The molecule has 0 radical (unpaired) electrons. The van der Waals surface area contributed by atoms with E-state index in [0.29, 0.717) is 0 Å². The first-order chi connectivity index (χ1) is 10.3. The maximum atomic E-state index is 13.3. The zero-order valence-electron chi connectivity index (χ0n) is 11.8. The molecule has 2 nitrogen and oxygen atoms in total. The Balaban J connectivity index is 1.57. The predicted molar refractivity (Wildman–Crippen MR) is 82.5 cm³/mol. The fourth-order valence-corrected chi connectivity index (χ4v) is 3.22. The number of nitrogens with one attached hydrogen (secondary N) is 1. The van der Waals surface area contributed by atoms with Crippen LogP contribution in [0, 0.1) is 5.82 Å². The number of aromatic amines is 1. The molecule has 0 saturated carbocycles. The maximum Gasteiger partial charge on any atom is 0.123 e. The lowest BCUT2D eigenvalue weighted by atomic mass is 9.99. The smallest absolute Gasteiger partial charge is 0.123 e. The zero-order chi connectivity index (χ0) is 14.2. The third-order valence-electron chi connectivity index (χ3n) is 4.33. The highest BCUT2D eigenvalue weighted by atomic mass is 19.1. The van der Waals surface area contributed by atoms with E-state index >= 15 is 0 Å². The van der Waals surface area contributed by atoms with Gasteiger partial charge in [0.25, 0.3) is 0 Å². The molecule has 1 aromatic heterocycles. The van der Waals surface area contributed by atoms with Crippen molar-refractivity contribution >= 4 is 10.9 Å². The van der Waals surface area contributed by atoms with Gasteiger partial charge in [-0.2, -0.15) is 0 Å². The Morgan fingerprint density at radius 3 is 2.95 bits per heavy atom. The maximum absolute atomic E-state index is 13.3. The fourth-order valence-electron chi connectivity index (χ4n) is 3.22. The van der Waals surface area contributed by atoms with Crippen molar-refractivity contribution in [3.05, 3.63) is 71.2 Å². The number of nitrogens with zero attached hydrogens (tertiary/aromatic N) is 1. The van der Waals surface area contributed by atoms with E-state index in [2.05, 4.69) is 34.3 Å². The second kappa shape index (κ2) is 5.01. The molecule has 0 saturated heterocycles. The van der Waals surface area contributed by atoms with E-state index in [1.807, 2.05) is 12.1 Å². The Bertz CT molecular complexity index is 791. The fraction of sp³-hybridized carbons (Fsp3) is 0.222. The Morgan fingerprint density at radius 1 is 1.10 bits per heavy atom. The zero-order valence-corrected chi connectivity index (χ0v) is 11.8. The SMILES string of the molecule is Fc1ccc2c(c1)CCN(Cc1c[nH]c3ccccc13)C2. The minimum atomic E-state index is -0.126. The van der Waals surface area contributed by atoms with Gasteiger partial charge < -0.3 is 4.98 Å². The van der Waals surface area contributed by atoms with Gasteiger partial charge in [0.15, 0.2) is 0 Å². The molecular weight excluding hydrogens is 263 g/mol. The van der Waals surface area contributed by atoms with Gasteiger partial charge in [-0.1, -0.05) is 24.3 Å². The molecule has 0 atom stereocenters. The Labute approximate surface area is 123 Å². The summed E-state index contributed by atoms with van der Waals surface area (Å²) in [5.41, 5.74) is 4.93. The van der Waals surface area contributed by atoms with Gasteiger partial charge >= 0.3 is 0 Å². The number of hydrogen-bond acceptors (Lipinski definition) is 1. The van der Waals surface area contributed by atoms with Crippen LogP contribution in [0.5, 0.6) is 0 Å². The molecule has 21 heavy (non-hydrogen) atoms. The van der Waals surface area contributed by atoms with E-state index in [4.69, 9.17) is 0 Å². The van der Waals surface area contributed by atoms with E-state index in [0.717, 1.165) is 31.6 Å². The molecule has 3 heteroatoms. The molecule has 0 amide bonds. The van der Waals surface area contributed by atoms with Gasteiger partial charge in [-0.25, -0.2) is 4.39 Å². The lowest BCUT2D eigenvalue weighted by molar-refractivity contribution is 0.246. The molecule has 4 rings (SSSR count). The molecule has 106 valence electrons. The van der Waals surface area contributed by atoms with E-state index in [1.165, 1.54) is 22.0 Å². The first-order valence-corrected chi connectivity index (χ1v) is 7.34. The second-order valence-corrected chi connectivity index (χ2v) is 5.73. The predicted octanol–water partition coefficient (Wildman–Crippen LogP) is 3.87. The van der Waals surface area contributed by atoms with Gasteiger partial charge in [-0.15, -0.1) is 0 Å². The summed E-state index contributed by atoms with van der Waals surface area (Å²) in [5.74, 6) is -0.126. The van der Waals surface area contributed by atoms with Crippen molar-refractivity contribution in [2.45, 2.75) is 19.5 Å². The monoisotopic (exact) mass is 280 g/mol. The van der Waals surface area contributed by atoms with Crippen LogP contribution >= 0.6 is 0 Å². The first kappa shape index (κ1) is 12.6. The molecule has 0 aliphatic carbocycles. The number of H-pyrrole nitrogens is 1. The highest BCUT2D eigenvalue weighted by molar-refractivity contribution is 5.82. The molecule has 0 fully saturated rings. The number of rotatable bonds is 2. The summed E-state index contributed by atoms with van der Waals surface area (Å²) in [5, 5.41) is 1.29. The Morgan fingerprint density at radius 2 is 2.00 bits per heavy atom. The number of aromatic nitrogens is 1. The molecule has 0 unspecified atom stereocenters. The average Bonchev–Trinajstić information content (AvgIpc) is 2.91. The summed E-state index contributed by atoms with van der Waals surface area (Å²) in [7, 11) is 0. The van der Waals surface area contributed by atoms with Crippen molar-refractivity contribution < 1.29 is 4.39 Å². The quantitative estimate of drug-likeness (QED) is 0.755. The third-order valence-corrected chi connectivity index (χ3v) is 4.33. The largest absolute Gasteiger partial charge is 0.361 e. The van der Waals surface area contributed by atoms with Gasteiger partial charge in [0, 0.05) is 36.7 Å². The summed E-state index contributed by atoms with van der Waals surface area (Å²) in [6.07, 6.45) is 3.03. The number of fused-ring (bicyclic) bond motifs is 2. The van der Waals surface area contributed by atoms with Crippen molar-refractivity contribution in [1.29, 1.82) is 0 Å². The number of hydrogen-bond donors (Lipinski definition) is 1. The van der Waals surface area contributed by atoms with Crippen LogP contribution in [0.25, 0.3) is 10.9 Å². The van der Waals surface area contributed by atoms with Crippen LogP contribution in [0.4, 0.5) is 4.39 Å². The van der Waals surface area contributed by atoms with Crippen LogP contribution in [0.15, 0.2) is 48.7 Å². The normalized spacial score (nSPS) is 15.3. The van der Waals surface area contributed by atoms with Crippen molar-refractivity contribution in [1.82, 2.24) is 9.88 Å². The van der Waals surface area contributed by atoms with Crippen LogP contribution < -0.4 is 0 Å². The number of halogens is 1. The summed E-state index contributed by atoms with van der Waals surface area (Å²) in [4.78, 5) is 5.75. The van der Waals surface area contributed by atoms with Crippen LogP contribution in [0.3, 0.4) is 0 Å². The van der Waals surface area contributed by atoms with E-state index in [9.17, 15) is 4.39 Å². The number of benzene rings is 2. The highest BCUT2D eigenvalue weighted by Crippen LogP contribution is 2.24. The van der Waals surface area contributed by atoms with Crippen LogP contribution in [-0.4, -0.2) is 16.4 Å². The molecule has 1 N–H and O–H groups in total. The minimum absolute atomic E-state index is 0.126. The molecule has 1 aliphatic heterocycles. The molecular formula is C18H17FN2. The van der Waals surface area contributed by atoms with Gasteiger partial charge in [0.05, 0.1) is 0 Å². The van der Waals surface area contributed by atoms with Crippen molar-refractivity contribution in [2.24, 2.45) is 0 Å². The summed E-state index contributed by atoms with van der Waals surface area (Å²) in [6.45, 7) is 2.81. The summed E-state index contributed by atoms with van der Waals surface area (Å²) in [6, 6.07) is 13.6. The van der Waals surface area contributed by atoms with Gasteiger partial charge in [0.2, 0.25) is 0 Å². The van der Waals surface area contributed by atoms with E-state index in [1.54, 1.807) is 12.1 Å². The molecule has 0 spiro atoms.